The molecular weight excluding hydrogens is 484 g/mol. The van der Waals surface area contributed by atoms with Crippen LogP contribution in [-0.4, -0.2) is 38.0 Å². The first kappa shape index (κ1) is 22.5. The van der Waals surface area contributed by atoms with Gasteiger partial charge in [-0.15, -0.1) is 0 Å². The molecule has 5 aromatic rings. The first-order chi connectivity index (χ1) is 17.3. The molecule has 2 aromatic carbocycles. The Hall–Kier alpha value is -3.92. The number of aromatic nitrogens is 5. The standard InChI is InChI=1S/C26H21F2N5O2S/c1-16-29-15-33(31-16)21-3-7-26-24(12-30-32(26)13-21)19-9-17(14-36(34,35)22-4-5-22)8-18(10-19)23-6-2-20(27)11-25(23)28/h2-3,6-13,15,22H,4-5,14H2,1H3. The normalized spacial score (nSPS) is 14.0. The third kappa shape index (κ3) is 4.17. The quantitative estimate of drug-likeness (QED) is 0.327. The third-order valence-electron chi connectivity index (χ3n) is 6.32. The highest BCUT2D eigenvalue weighted by molar-refractivity contribution is 7.91. The minimum Gasteiger partial charge on any atom is -0.238 e. The van der Waals surface area contributed by atoms with Gasteiger partial charge in [-0.2, -0.15) is 10.2 Å². The van der Waals surface area contributed by atoms with Crippen molar-refractivity contribution in [1.29, 1.82) is 0 Å². The summed E-state index contributed by atoms with van der Waals surface area (Å²) < 4.78 is 57.1. The number of benzene rings is 2. The van der Waals surface area contributed by atoms with Crippen LogP contribution >= 0.6 is 0 Å². The summed E-state index contributed by atoms with van der Waals surface area (Å²) in [7, 11) is -3.31. The number of aryl methyl sites for hydroxylation is 1. The maximum absolute atomic E-state index is 14.7. The van der Waals surface area contributed by atoms with E-state index in [1.807, 2.05) is 18.3 Å². The van der Waals surface area contributed by atoms with Crippen LogP contribution in [0.25, 0.3) is 33.5 Å². The Morgan fingerprint density at radius 1 is 1.00 bits per heavy atom. The zero-order valence-electron chi connectivity index (χ0n) is 19.3. The van der Waals surface area contributed by atoms with Crippen molar-refractivity contribution in [3.8, 4) is 27.9 Å². The lowest BCUT2D eigenvalue weighted by Gasteiger charge is -2.11. The number of nitrogens with zero attached hydrogens (tertiary/aromatic N) is 5. The Labute approximate surface area is 206 Å². The van der Waals surface area contributed by atoms with E-state index in [-0.39, 0.29) is 16.6 Å². The average Bonchev–Trinajstić information content (AvgIpc) is 3.49. The summed E-state index contributed by atoms with van der Waals surface area (Å²) in [5.41, 5.74) is 4.22. The highest BCUT2D eigenvalue weighted by atomic mass is 32.2. The second-order valence-electron chi connectivity index (χ2n) is 9.06. The number of fused-ring (bicyclic) bond motifs is 1. The summed E-state index contributed by atoms with van der Waals surface area (Å²) in [4.78, 5) is 4.15. The average molecular weight is 506 g/mol. The Kier molecular flexibility index (Phi) is 5.22. The minimum atomic E-state index is -3.31. The number of hydrogen-bond acceptors (Lipinski definition) is 5. The molecule has 0 N–H and O–H groups in total. The smallest absolute Gasteiger partial charge is 0.157 e. The van der Waals surface area contributed by atoms with Gasteiger partial charge in [-0.25, -0.2) is 31.4 Å². The van der Waals surface area contributed by atoms with Crippen molar-refractivity contribution in [2.75, 3.05) is 0 Å². The van der Waals surface area contributed by atoms with E-state index in [0.29, 0.717) is 35.4 Å². The highest BCUT2D eigenvalue weighted by Crippen LogP contribution is 2.35. The molecule has 36 heavy (non-hydrogen) atoms. The first-order valence-electron chi connectivity index (χ1n) is 11.4. The van der Waals surface area contributed by atoms with E-state index in [1.165, 1.54) is 12.1 Å². The van der Waals surface area contributed by atoms with Crippen LogP contribution < -0.4 is 0 Å². The van der Waals surface area contributed by atoms with Crippen molar-refractivity contribution in [3.63, 3.8) is 0 Å². The topological polar surface area (TPSA) is 82.1 Å². The van der Waals surface area contributed by atoms with Crippen LogP contribution in [0.15, 0.2) is 67.3 Å². The van der Waals surface area contributed by atoms with Gasteiger partial charge >= 0.3 is 0 Å². The van der Waals surface area contributed by atoms with E-state index in [1.54, 1.807) is 46.8 Å². The van der Waals surface area contributed by atoms with Crippen molar-refractivity contribution in [2.24, 2.45) is 0 Å². The molecule has 1 saturated carbocycles. The zero-order valence-corrected chi connectivity index (χ0v) is 20.1. The molecule has 182 valence electrons. The van der Waals surface area contributed by atoms with Crippen molar-refractivity contribution >= 4 is 15.4 Å². The number of sulfone groups is 1. The summed E-state index contributed by atoms with van der Waals surface area (Å²) in [6.07, 6.45) is 6.46. The van der Waals surface area contributed by atoms with Gasteiger partial charge in [-0.3, -0.25) is 0 Å². The van der Waals surface area contributed by atoms with E-state index in [9.17, 15) is 17.2 Å². The fourth-order valence-corrected chi connectivity index (χ4v) is 6.11. The summed E-state index contributed by atoms with van der Waals surface area (Å²) in [5.74, 6) is -0.883. The van der Waals surface area contributed by atoms with Crippen LogP contribution in [0.4, 0.5) is 8.78 Å². The van der Waals surface area contributed by atoms with Gasteiger partial charge in [0.2, 0.25) is 0 Å². The molecule has 1 fully saturated rings. The maximum Gasteiger partial charge on any atom is 0.157 e. The zero-order chi connectivity index (χ0) is 25.0. The molecule has 0 unspecified atom stereocenters. The van der Waals surface area contributed by atoms with Crippen molar-refractivity contribution in [3.05, 3.63) is 90.3 Å². The monoisotopic (exact) mass is 505 g/mol. The maximum atomic E-state index is 14.7. The third-order valence-corrected chi connectivity index (χ3v) is 8.54. The molecule has 0 spiro atoms. The second kappa shape index (κ2) is 8.34. The van der Waals surface area contributed by atoms with Crippen LogP contribution in [0.2, 0.25) is 0 Å². The largest absolute Gasteiger partial charge is 0.238 e. The Morgan fingerprint density at radius 2 is 1.78 bits per heavy atom. The molecule has 0 saturated heterocycles. The van der Waals surface area contributed by atoms with Gasteiger partial charge in [0.05, 0.1) is 34.6 Å². The van der Waals surface area contributed by atoms with Gasteiger partial charge in [-0.1, -0.05) is 0 Å². The number of hydrogen-bond donors (Lipinski definition) is 0. The SMILES string of the molecule is Cc1ncn(-c2ccc3c(-c4cc(CS(=O)(=O)C5CC5)cc(-c5ccc(F)cc5F)c4)cnn3c2)n1. The van der Waals surface area contributed by atoms with Crippen molar-refractivity contribution in [2.45, 2.75) is 30.8 Å². The van der Waals surface area contributed by atoms with Gasteiger partial charge in [0.1, 0.15) is 23.8 Å². The van der Waals surface area contributed by atoms with Gasteiger partial charge in [-0.05, 0) is 78.9 Å². The van der Waals surface area contributed by atoms with E-state index < -0.39 is 21.5 Å². The molecule has 6 rings (SSSR count). The van der Waals surface area contributed by atoms with Crippen LogP contribution in [0.5, 0.6) is 0 Å². The fourth-order valence-electron chi connectivity index (χ4n) is 4.39. The van der Waals surface area contributed by atoms with E-state index in [2.05, 4.69) is 15.2 Å². The molecule has 3 aromatic heterocycles. The predicted octanol–water partition coefficient (Wildman–Crippen LogP) is 4.91. The number of halogens is 2. The highest BCUT2D eigenvalue weighted by Gasteiger charge is 2.35. The predicted molar refractivity (Wildman–Crippen MR) is 131 cm³/mol. The van der Waals surface area contributed by atoms with Crippen LogP contribution in [0, 0.1) is 18.6 Å². The molecule has 7 nitrogen and oxygen atoms in total. The molecule has 1 aliphatic carbocycles. The molecule has 0 amide bonds. The summed E-state index contributed by atoms with van der Waals surface area (Å²) in [5, 5.41) is 8.48. The molecule has 0 radical (unpaired) electrons. The van der Waals surface area contributed by atoms with Gasteiger partial charge in [0, 0.05) is 17.2 Å². The lowest BCUT2D eigenvalue weighted by Crippen LogP contribution is -2.10. The van der Waals surface area contributed by atoms with Crippen LogP contribution in [0.3, 0.4) is 0 Å². The molecule has 0 aliphatic heterocycles. The van der Waals surface area contributed by atoms with Crippen LogP contribution in [-0.2, 0) is 15.6 Å². The Morgan fingerprint density at radius 3 is 2.47 bits per heavy atom. The molecular formula is C26H21F2N5O2S. The summed E-state index contributed by atoms with van der Waals surface area (Å²) in [6.45, 7) is 1.80. The Bertz CT molecular complexity index is 1740. The minimum absolute atomic E-state index is 0.143. The molecule has 0 bridgehead atoms. The van der Waals surface area contributed by atoms with E-state index in [4.69, 9.17) is 0 Å². The van der Waals surface area contributed by atoms with Gasteiger partial charge in [0.15, 0.2) is 9.84 Å². The Balaban J connectivity index is 1.47. The number of rotatable bonds is 6. The lowest BCUT2D eigenvalue weighted by atomic mass is 9.96. The molecule has 1 aliphatic rings. The first-order valence-corrected chi connectivity index (χ1v) is 13.2. The lowest BCUT2D eigenvalue weighted by molar-refractivity contribution is 0.585. The van der Waals surface area contributed by atoms with Crippen LogP contribution in [0.1, 0.15) is 24.2 Å². The van der Waals surface area contributed by atoms with E-state index in [0.717, 1.165) is 22.8 Å². The van der Waals surface area contributed by atoms with Gasteiger partial charge < -0.3 is 0 Å². The fraction of sp³-hybridized carbons (Fsp3) is 0.192. The second-order valence-corrected chi connectivity index (χ2v) is 11.3. The number of pyridine rings is 1. The molecule has 0 atom stereocenters. The molecule has 10 heteroatoms. The molecule has 3 heterocycles. The summed E-state index contributed by atoms with van der Waals surface area (Å²) in [6, 6.07) is 12.4. The van der Waals surface area contributed by atoms with Crippen molar-refractivity contribution in [1.82, 2.24) is 24.4 Å². The van der Waals surface area contributed by atoms with Gasteiger partial charge in [0.25, 0.3) is 0 Å². The van der Waals surface area contributed by atoms with Crippen molar-refractivity contribution < 1.29 is 17.2 Å². The van der Waals surface area contributed by atoms with E-state index >= 15 is 0 Å². The summed E-state index contributed by atoms with van der Waals surface area (Å²) >= 11 is 0.